The summed E-state index contributed by atoms with van der Waals surface area (Å²) in [5.41, 5.74) is 0.367. The molecule has 0 spiro atoms. The van der Waals surface area contributed by atoms with E-state index in [0.717, 1.165) is 12.8 Å². The molecule has 7 heteroatoms. The second-order valence-corrected chi connectivity index (χ2v) is 6.78. The number of rotatable bonds is 6. The Morgan fingerprint density at radius 3 is 2.58 bits per heavy atom. The van der Waals surface area contributed by atoms with Gasteiger partial charge in [0.2, 0.25) is 5.91 Å². The Labute approximate surface area is 151 Å². The van der Waals surface area contributed by atoms with E-state index in [9.17, 15) is 14.0 Å². The van der Waals surface area contributed by atoms with Gasteiger partial charge in [-0.1, -0.05) is 19.8 Å². The van der Waals surface area contributed by atoms with Gasteiger partial charge in [-0.3, -0.25) is 9.59 Å². The van der Waals surface area contributed by atoms with Gasteiger partial charge >= 0.3 is 0 Å². The van der Waals surface area contributed by atoms with Crippen molar-refractivity contribution in [3.8, 4) is 11.4 Å². The molecular weight excluding hydrogens is 335 g/mol. The van der Waals surface area contributed by atoms with E-state index in [1.165, 1.54) is 37.1 Å². The lowest BCUT2D eigenvalue weighted by Gasteiger charge is -2.17. The topological polar surface area (TPSA) is 87.7 Å². The smallest absolute Gasteiger partial charge is 0.275 e. The first-order valence-corrected chi connectivity index (χ1v) is 9.09. The Hall–Kier alpha value is -2.57. The van der Waals surface area contributed by atoms with Crippen LogP contribution in [-0.2, 0) is 4.79 Å². The van der Waals surface area contributed by atoms with Crippen LogP contribution >= 0.6 is 0 Å². The van der Waals surface area contributed by atoms with Crippen molar-refractivity contribution in [2.75, 3.05) is 0 Å². The van der Waals surface area contributed by atoms with Gasteiger partial charge in [0.25, 0.3) is 5.56 Å². The van der Waals surface area contributed by atoms with Crippen molar-refractivity contribution < 1.29 is 9.18 Å². The van der Waals surface area contributed by atoms with Crippen molar-refractivity contribution in [2.45, 2.75) is 51.5 Å². The number of carbonyl (C=O) groups is 1. The summed E-state index contributed by atoms with van der Waals surface area (Å²) in [5.74, 6) is 0.299. The first-order chi connectivity index (χ1) is 12.6. The van der Waals surface area contributed by atoms with E-state index in [0.29, 0.717) is 24.3 Å². The van der Waals surface area contributed by atoms with Crippen molar-refractivity contribution in [3.63, 3.8) is 0 Å². The van der Waals surface area contributed by atoms with Crippen LogP contribution in [0, 0.1) is 11.7 Å². The van der Waals surface area contributed by atoms with E-state index < -0.39 is 11.6 Å². The Bertz CT molecular complexity index is 813. The molecule has 3 rings (SSSR count). The van der Waals surface area contributed by atoms with Crippen molar-refractivity contribution in [1.29, 1.82) is 0 Å². The molecule has 1 saturated carbocycles. The summed E-state index contributed by atoms with van der Waals surface area (Å²) >= 11 is 0. The summed E-state index contributed by atoms with van der Waals surface area (Å²) in [5, 5.41) is 11.0. The summed E-state index contributed by atoms with van der Waals surface area (Å²) < 4.78 is 13.0. The normalized spacial score (nSPS) is 15.8. The van der Waals surface area contributed by atoms with Crippen LogP contribution in [0.5, 0.6) is 0 Å². The van der Waals surface area contributed by atoms with Gasteiger partial charge in [-0.2, -0.15) is 0 Å². The molecule has 2 N–H and O–H groups in total. The van der Waals surface area contributed by atoms with E-state index in [1.54, 1.807) is 0 Å². The lowest BCUT2D eigenvalue weighted by Crippen LogP contribution is -2.34. The van der Waals surface area contributed by atoms with Crippen molar-refractivity contribution >= 4 is 5.91 Å². The molecule has 1 aliphatic carbocycles. The van der Waals surface area contributed by atoms with Gasteiger partial charge in [0.1, 0.15) is 5.82 Å². The predicted molar refractivity (Wildman–Crippen MR) is 95.8 cm³/mol. The number of amides is 1. The third-order valence-corrected chi connectivity index (χ3v) is 4.86. The third-order valence-electron chi connectivity index (χ3n) is 4.86. The second kappa shape index (κ2) is 8.21. The lowest BCUT2D eigenvalue weighted by molar-refractivity contribution is -0.122. The van der Waals surface area contributed by atoms with Crippen molar-refractivity contribution in [1.82, 2.24) is 20.5 Å². The minimum absolute atomic E-state index is 0.0486. The van der Waals surface area contributed by atoms with Gasteiger partial charge in [-0.05, 0) is 49.4 Å². The maximum Gasteiger partial charge on any atom is 0.275 e. The number of halogens is 1. The molecule has 6 nitrogen and oxygen atoms in total. The van der Waals surface area contributed by atoms with Gasteiger partial charge in [0.05, 0.1) is 6.04 Å². The van der Waals surface area contributed by atoms with E-state index in [-0.39, 0.29) is 23.2 Å². The fraction of sp³-hybridized carbons (Fsp3) is 0.474. The summed E-state index contributed by atoms with van der Waals surface area (Å²) in [6.07, 6.45) is 5.60. The molecule has 1 aromatic heterocycles. The van der Waals surface area contributed by atoms with E-state index in [4.69, 9.17) is 0 Å². The van der Waals surface area contributed by atoms with Crippen LogP contribution in [0.15, 0.2) is 29.1 Å². The largest absolute Gasteiger partial charge is 0.347 e. The molecule has 0 saturated heterocycles. The monoisotopic (exact) mass is 358 g/mol. The molecule has 1 heterocycles. The fourth-order valence-electron chi connectivity index (χ4n) is 3.41. The molecule has 1 unspecified atom stereocenters. The minimum Gasteiger partial charge on any atom is -0.347 e. The van der Waals surface area contributed by atoms with Crippen LogP contribution < -0.4 is 10.9 Å². The van der Waals surface area contributed by atoms with Crippen LogP contribution in [0.2, 0.25) is 0 Å². The first kappa shape index (κ1) is 18.2. The zero-order chi connectivity index (χ0) is 18.5. The number of benzene rings is 1. The molecule has 2 aromatic rings. The zero-order valence-electron chi connectivity index (χ0n) is 14.8. The lowest BCUT2D eigenvalue weighted by atomic mass is 10.0. The average molecular weight is 358 g/mol. The van der Waals surface area contributed by atoms with Crippen molar-refractivity contribution in [2.24, 2.45) is 5.92 Å². The molecule has 1 aromatic carbocycles. The summed E-state index contributed by atoms with van der Waals surface area (Å²) in [7, 11) is 0. The van der Waals surface area contributed by atoms with Gasteiger partial charge in [0, 0.05) is 12.0 Å². The number of nitrogens with zero attached hydrogens (tertiary/aromatic N) is 2. The summed E-state index contributed by atoms with van der Waals surface area (Å²) in [4.78, 5) is 27.4. The average Bonchev–Trinajstić information content (AvgIpc) is 3.13. The van der Waals surface area contributed by atoms with Gasteiger partial charge < -0.3 is 10.3 Å². The Balaban J connectivity index is 1.72. The minimum atomic E-state index is -0.470. The molecule has 0 aliphatic heterocycles. The number of nitrogens with one attached hydrogen (secondary N) is 2. The Morgan fingerprint density at radius 1 is 1.27 bits per heavy atom. The van der Waals surface area contributed by atoms with Gasteiger partial charge in [-0.25, -0.2) is 4.39 Å². The number of carbonyl (C=O) groups excluding carboxylic acids is 1. The standard InChI is InChI=1S/C19H23FN4O2/c1-2-15(21-16(25)11-12-5-3-4-6-12)17-19(26)22-18(24-23-17)13-7-9-14(20)10-8-13/h7-10,12,15H,2-6,11H2,1H3,(H,21,25)(H,22,24,26). The predicted octanol–water partition coefficient (Wildman–Crippen LogP) is 3.12. The zero-order valence-corrected chi connectivity index (χ0v) is 14.8. The highest BCUT2D eigenvalue weighted by Crippen LogP contribution is 2.27. The molecule has 0 radical (unpaired) electrons. The first-order valence-electron chi connectivity index (χ1n) is 9.09. The quantitative estimate of drug-likeness (QED) is 0.830. The fourth-order valence-corrected chi connectivity index (χ4v) is 3.41. The van der Waals surface area contributed by atoms with Crippen molar-refractivity contribution in [3.05, 3.63) is 46.1 Å². The third kappa shape index (κ3) is 4.33. The molecule has 1 amide bonds. The Morgan fingerprint density at radius 2 is 1.96 bits per heavy atom. The van der Waals surface area contributed by atoms with Crippen LogP contribution in [-0.4, -0.2) is 21.1 Å². The summed E-state index contributed by atoms with van der Waals surface area (Å²) in [6.45, 7) is 1.88. The van der Waals surface area contributed by atoms with Crippen LogP contribution in [0.4, 0.5) is 4.39 Å². The van der Waals surface area contributed by atoms with Crippen LogP contribution in [0.3, 0.4) is 0 Å². The molecule has 0 bridgehead atoms. The molecule has 1 aliphatic rings. The maximum atomic E-state index is 13.0. The number of hydrogen-bond acceptors (Lipinski definition) is 4. The molecule has 138 valence electrons. The van der Waals surface area contributed by atoms with E-state index in [1.807, 2.05) is 6.92 Å². The maximum absolute atomic E-state index is 13.0. The van der Waals surface area contributed by atoms with Crippen LogP contribution in [0.1, 0.15) is 57.2 Å². The number of hydrogen-bond donors (Lipinski definition) is 2. The second-order valence-electron chi connectivity index (χ2n) is 6.78. The van der Waals surface area contributed by atoms with E-state index >= 15 is 0 Å². The number of H-pyrrole nitrogens is 1. The summed E-state index contributed by atoms with van der Waals surface area (Å²) in [6, 6.07) is 5.16. The number of aromatic nitrogens is 3. The molecular formula is C19H23FN4O2. The molecule has 1 fully saturated rings. The Kier molecular flexibility index (Phi) is 5.75. The highest BCUT2D eigenvalue weighted by molar-refractivity contribution is 5.76. The van der Waals surface area contributed by atoms with Gasteiger partial charge in [0.15, 0.2) is 11.5 Å². The highest BCUT2D eigenvalue weighted by atomic mass is 19.1. The SMILES string of the molecule is CCC(NC(=O)CC1CCCC1)c1nnc(-c2ccc(F)cc2)[nH]c1=O. The van der Waals surface area contributed by atoms with Crippen LogP contribution in [0.25, 0.3) is 11.4 Å². The molecule has 26 heavy (non-hydrogen) atoms. The number of aromatic amines is 1. The van der Waals surface area contributed by atoms with E-state index in [2.05, 4.69) is 20.5 Å². The highest BCUT2D eigenvalue weighted by Gasteiger charge is 2.22. The molecule has 1 atom stereocenters. The van der Waals surface area contributed by atoms with Gasteiger partial charge in [-0.15, -0.1) is 10.2 Å².